The molecule has 0 saturated carbocycles. The van der Waals surface area contributed by atoms with Crippen LogP contribution >= 0.6 is 0 Å². The van der Waals surface area contributed by atoms with Crippen LogP contribution in [0.5, 0.6) is 0 Å². The molecule has 13 heavy (non-hydrogen) atoms. The van der Waals surface area contributed by atoms with Crippen molar-refractivity contribution in [2.75, 3.05) is 40.9 Å². The van der Waals surface area contributed by atoms with Crippen molar-refractivity contribution in [2.24, 2.45) is 5.92 Å². The molecule has 1 saturated heterocycles. The van der Waals surface area contributed by atoms with Crippen LogP contribution in [0.2, 0.25) is 0 Å². The summed E-state index contributed by atoms with van der Waals surface area (Å²) in [6, 6.07) is 0.110. The van der Waals surface area contributed by atoms with Crippen LogP contribution in [0.3, 0.4) is 0 Å². The molecular weight excluding hydrogens is 168 g/mol. The average molecular weight is 186 g/mol. The maximum atomic E-state index is 11.5. The first-order valence-electron chi connectivity index (χ1n) is 4.60. The molecule has 1 rings (SSSR count). The molecule has 1 fully saturated rings. The Bertz CT molecular complexity index is 182. The van der Waals surface area contributed by atoms with E-state index in [1.807, 2.05) is 4.90 Å². The van der Waals surface area contributed by atoms with E-state index in [-0.39, 0.29) is 6.03 Å². The zero-order valence-electron chi connectivity index (χ0n) is 8.62. The van der Waals surface area contributed by atoms with Gasteiger partial charge in [0.05, 0.1) is 6.61 Å². The van der Waals surface area contributed by atoms with Gasteiger partial charge in [0.1, 0.15) is 0 Å². The minimum atomic E-state index is 0.110. The standard InChI is InChI=1S/C9H18N2O2/c1-10(2)9(12)11-5-4-8(6-11)7-13-3/h8H,4-7H2,1-3H3. The third-order valence-electron chi connectivity index (χ3n) is 2.34. The number of ether oxygens (including phenoxy) is 1. The molecule has 1 heterocycles. The first kappa shape index (κ1) is 10.3. The first-order valence-corrected chi connectivity index (χ1v) is 4.60. The highest BCUT2D eigenvalue weighted by Crippen LogP contribution is 2.16. The van der Waals surface area contributed by atoms with E-state index in [0.29, 0.717) is 5.92 Å². The predicted octanol–water partition coefficient (Wildman–Crippen LogP) is 0.636. The second-order valence-corrected chi connectivity index (χ2v) is 3.73. The number of rotatable bonds is 2. The van der Waals surface area contributed by atoms with Gasteiger partial charge in [-0.2, -0.15) is 0 Å². The highest BCUT2D eigenvalue weighted by atomic mass is 16.5. The molecule has 1 unspecified atom stereocenters. The van der Waals surface area contributed by atoms with Crippen molar-refractivity contribution in [1.29, 1.82) is 0 Å². The number of urea groups is 1. The maximum Gasteiger partial charge on any atom is 0.319 e. The lowest BCUT2D eigenvalue weighted by atomic mass is 10.1. The molecule has 0 spiro atoms. The summed E-state index contributed by atoms with van der Waals surface area (Å²) in [7, 11) is 5.27. The topological polar surface area (TPSA) is 32.8 Å². The highest BCUT2D eigenvalue weighted by molar-refractivity contribution is 5.74. The van der Waals surface area contributed by atoms with Gasteiger partial charge >= 0.3 is 6.03 Å². The van der Waals surface area contributed by atoms with Gasteiger partial charge in [-0.1, -0.05) is 0 Å². The van der Waals surface area contributed by atoms with Gasteiger partial charge in [-0.3, -0.25) is 0 Å². The number of amides is 2. The van der Waals surface area contributed by atoms with Gasteiger partial charge in [-0.05, 0) is 6.42 Å². The smallest absolute Gasteiger partial charge is 0.319 e. The molecule has 1 aliphatic heterocycles. The summed E-state index contributed by atoms with van der Waals surface area (Å²) < 4.78 is 5.06. The summed E-state index contributed by atoms with van der Waals surface area (Å²) in [5.41, 5.74) is 0. The lowest BCUT2D eigenvalue weighted by Gasteiger charge is -2.21. The molecule has 4 heteroatoms. The number of methoxy groups -OCH3 is 1. The van der Waals surface area contributed by atoms with Gasteiger partial charge in [-0.25, -0.2) is 4.79 Å². The third-order valence-corrected chi connectivity index (χ3v) is 2.34. The molecule has 0 aliphatic carbocycles. The fraction of sp³-hybridized carbons (Fsp3) is 0.889. The minimum absolute atomic E-state index is 0.110. The van der Waals surface area contributed by atoms with E-state index >= 15 is 0 Å². The fourth-order valence-electron chi connectivity index (χ4n) is 1.66. The van der Waals surface area contributed by atoms with Crippen molar-refractivity contribution < 1.29 is 9.53 Å². The number of likely N-dealkylation sites (tertiary alicyclic amines) is 1. The van der Waals surface area contributed by atoms with Crippen molar-refractivity contribution >= 4 is 6.03 Å². The predicted molar refractivity (Wildman–Crippen MR) is 50.6 cm³/mol. The summed E-state index contributed by atoms with van der Waals surface area (Å²) in [4.78, 5) is 15.0. The van der Waals surface area contributed by atoms with E-state index in [4.69, 9.17) is 4.74 Å². The van der Waals surface area contributed by atoms with E-state index in [9.17, 15) is 4.79 Å². The van der Waals surface area contributed by atoms with Crippen molar-refractivity contribution in [3.05, 3.63) is 0 Å². The third kappa shape index (κ3) is 2.59. The van der Waals surface area contributed by atoms with Gasteiger partial charge in [0.2, 0.25) is 0 Å². The Balaban J connectivity index is 2.36. The van der Waals surface area contributed by atoms with E-state index in [2.05, 4.69) is 0 Å². The molecule has 0 radical (unpaired) electrons. The Kier molecular flexibility index (Phi) is 3.54. The van der Waals surface area contributed by atoms with Crippen LogP contribution in [0.25, 0.3) is 0 Å². The minimum Gasteiger partial charge on any atom is -0.384 e. The molecule has 0 aromatic rings. The van der Waals surface area contributed by atoms with Crippen molar-refractivity contribution in [3.8, 4) is 0 Å². The van der Waals surface area contributed by atoms with Crippen LogP contribution in [0.4, 0.5) is 4.79 Å². The Labute approximate surface area is 79.4 Å². The molecule has 0 aromatic heterocycles. The molecule has 1 atom stereocenters. The van der Waals surface area contributed by atoms with E-state index in [0.717, 1.165) is 26.1 Å². The SMILES string of the molecule is COCC1CCN(C(=O)N(C)C)C1. The van der Waals surface area contributed by atoms with Gasteiger partial charge in [0, 0.05) is 40.2 Å². The summed E-state index contributed by atoms with van der Waals surface area (Å²) in [5, 5.41) is 0. The summed E-state index contributed by atoms with van der Waals surface area (Å²) in [5.74, 6) is 0.522. The van der Waals surface area contributed by atoms with Crippen LogP contribution in [0.15, 0.2) is 0 Å². The van der Waals surface area contributed by atoms with Gasteiger partial charge in [-0.15, -0.1) is 0 Å². The van der Waals surface area contributed by atoms with E-state index in [1.54, 1.807) is 26.1 Å². The van der Waals surface area contributed by atoms with Gasteiger partial charge < -0.3 is 14.5 Å². The summed E-state index contributed by atoms with van der Waals surface area (Å²) in [6.45, 7) is 2.47. The highest BCUT2D eigenvalue weighted by Gasteiger charge is 2.26. The summed E-state index contributed by atoms with van der Waals surface area (Å²) >= 11 is 0. The largest absolute Gasteiger partial charge is 0.384 e. The lowest BCUT2D eigenvalue weighted by molar-refractivity contribution is 0.149. The molecule has 2 amide bonds. The van der Waals surface area contributed by atoms with Gasteiger partial charge in [0.15, 0.2) is 0 Å². The summed E-state index contributed by atoms with van der Waals surface area (Å²) in [6.07, 6.45) is 1.06. The number of hydrogen-bond acceptors (Lipinski definition) is 2. The number of carbonyl (C=O) groups is 1. The van der Waals surface area contributed by atoms with E-state index in [1.165, 1.54) is 0 Å². The molecule has 0 bridgehead atoms. The number of carbonyl (C=O) groups excluding carboxylic acids is 1. The monoisotopic (exact) mass is 186 g/mol. The average Bonchev–Trinajstić information content (AvgIpc) is 2.52. The fourth-order valence-corrected chi connectivity index (χ4v) is 1.66. The van der Waals surface area contributed by atoms with Gasteiger partial charge in [0.25, 0.3) is 0 Å². The van der Waals surface area contributed by atoms with Crippen LogP contribution in [0.1, 0.15) is 6.42 Å². The van der Waals surface area contributed by atoms with Crippen LogP contribution < -0.4 is 0 Å². The normalized spacial score (nSPS) is 22.1. The molecular formula is C9H18N2O2. The van der Waals surface area contributed by atoms with Crippen LogP contribution in [0, 0.1) is 5.92 Å². The molecule has 0 aromatic carbocycles. The maximum absolute atomic E-state index is 11.5. The second kappa shape index (κ2) is 4.46. The van der Waals surface area contributed by atoms with Crippen molar-refractivity contribution in [3.63, 3.8) is 0 Å². The van der Waals surface area contributed by atoms with E-state index < -0.39 is 0 Å². The van der Waals surface area contributed by atoms with Crippen LogP contribution in [-0.2, 0) is 4.74 Å². The Morgan fingerprint density at radius 1 is 1.62 bits per heavy atom. The quantitative estimate of drug-likeness (QED) is 0.634. The molecule has 4 nitrogen and oxygen atoms in total. The zero-order valence-corrected chi connectivity index (χ0v) is 8.62. The van der Waals surface area contributed by atoms with Crippen molar-refractivity contribution in [2.45, 2.75) is 6.42 Å². The molecule has 0 N–H and O–H groups in total. The van der Waals surface area contributed by atoms with Crippen LogP contribution in [-0.4, -0.2) is 56.7 Å². The first-order chi connectivity index (χ1) is 6.15. The lowest BCUT2D eigenvalue weighted by Crippen LogP contribution is -2.37. The second-order valence-electron chi connectivity index (χ2n) is 3.73. The number of hydrogen-bond donors (Lipinski definition) is 0. The number of nitrogens with zero attached hydrogens (tertiary/aromatic N) is 2. The molecule has 76 valence electrons. The Morgan fingerprint density at radius 2 is 2.31 bits per heavy atom. The zero-order chi connectivity index (χ0) is 9.84. The molecule has 1 aliphatic rings. The van der Waals surface area contributed by atoms with Crippen molar-refractivity contribution in [1.82, 2.24) is 9.80 Å². The Morgan fingerprint density at radius 3 is 2.85 bits per heavy atom. The Hall–Kier alpha value is -0.770.